The zero-order chi connectivity index (χ0) is 16.0. The molecule has 6 nitrogen and oxygen atoms in total. The molecule has 1 aromatic rings. The smallest absolute Gasteiger partial charge is 0.297 e. The van der Waals surface area contributed by atoms with Crippen molar-refractivity contribution in [2.75, 3.05) is 30.0 Å². The summed E-state index contributed by atoms with van der Waals surface area (Å²) in [4.78, 5) is 13.8. The van der Waals surface area contributed by atoms with Crippen LogP contribution in [0, 0.1) is 10.8 Å². The summed E-state index contributed by atoms with van der Waals surface area (Å²) >= 11 is 0. The summed E-state index contributed by atoms with van der Waals surface area (Å²) in [6.07, 6.45) is 1.00. The van der Waals surface area contributed by atoms with E-state index >= 15 is 0 Å². The predicted octanol–water partition coefficient (Wildman–Crippen LogP) is 2.30. The summed E-state index contributed by atoms with van der Waals surface area (Å²) in [6.45, 7) is 8.01. The van der Waals surface area contributed by atoms with Crippen LogP contribution in [0.25, 0.3) is 0 Å². The van der Waals surface area contributed by atoms with Gasteiger partial charge in [0.15, 0.2) is 0 Å². The van der Waals surface area contributed by atoms with E-state index in [1.54, 1.807) is 0 Å². The fourth-order valence-corrected chi connectivity index (χ4v) is 2.69. The molecule has 0 aliphatic carbocycles. The molecule has 2 heterocycles. The van der Waals surface area contributed by atoms with Crippen molar-refractivity contribution in [2.45, 2.75) is 26.6 Å². The Bertz CT molecular complexity index is 616. The molecule has 1 fully saturated rings. The molecule has 0 unspecified atom stereocenters. The molecule has 1 aromatic carbocycles. The Morgan fingerprint density at radius 1 is 1.36 bits per heavy atom. The maximum absolute atomic E-state index is 12.6. The van der Waals surface area contributed by atoms with Gasteiger partial charge in [-0.1, -0.05) is 20.8 Å². The van der Waals surface area contributed by atoms with Crippen molar-refractivity contribution in [3.8, 4) is 0 Å². The highest BCUT2D eigenvalue weighted by Gasteiger charge is 2.55. The average Bonchev–Trinajstić information content (AvgIpc) is 3.03. The minimum Gasteiger partial charge on any atom is -0.385 e. The van der Waals surface area contributed by atoms with Crippen LogP contribution < -0.4 is 10.2 Å². The number of nitrogens with zero attached hydrogens (tertiary/aromatic N) is 1. The topological polar surface area (TPSA) is 74.7 Å². The van der Waals surface area contributed by atoms with Crippen LogP contribution in [0.2, 0.25) is 0 Å². The highest BCUT2D eigenvalue weighted by molar-refractivity contribution is 6.16. The zero-order valence-electron chi connectivity index (χ0n) is 13.1. The van der Waals surface area contributed by atoms with Gasteiger partial charge in [-0.05, 0) is 23.6 Å². The van der Waals surface area contributed by atoms with Crippen molar-refractivity contribution < 1.29 is 14.3 Å². The molecule has 6 heteroatoms. The SMILES string of the molecule is CC(C)(C)CNc1ccc2c(c1)C1(OCCO1)C(=O)N2C=N. The molecular formula is C16H21N3O3. The number of anilines is 2. The molecular weight excluding hydrogens is 282 g/mol. The Hall–Kier alpha value is -1.92. The lowest BCUT2D eigenvalue weighted by Crippen LogP contribution is -2.40. The lowest BCUT2D eigenvalue weighted by Gasteiger charge is -2.22. The number of benzene rings is 1. The largest absolute Gasteiger partial charge is 0.385 e. The third-order valence-corrected chi connectivity index (χ3v) is 3.76. The van der Waals surface area contributed by atoms with Gasteiger partial charge in [-0.2, -0.15) is 0 Å². The zero-order valence-corrected chi connectivity index (χ0v) is 13.1. The minimum absolute atomic E-state index is 0.147. The normalized spacial score (nSPS) is 19.6. The molecule has 2 aliphatic rings. The average molecular weight is 303 g/mol. The third kappa shape index (κ3) is 2.28. The second-order valence-electron chi connectivity index (χ2n) is 6.76. The van der Waals surface area contributed by atoms with Crippen LogP contribution in [0.4, 0.5) is 11.4 Å². The Morgan fingerprint density at radius 3 is 2.64 bits per heavy atom. The van der Waals surface area contributed by atoms with E-state index in [4.69, 9.17) is 14.9 Å². The summed E-state index contributed by atoms with van der Waals surface area (Å²) in [5, 5.41) is 10.8. The van der Waals surface area contributed by atoms with Crippen LogP contribution in [-0.4, -0.2) is 32.0 Å². The van der Waals surface area contributed by atoms with Crippen molar-refractivity contribution in [3.05, 3.63) is 23.8 Å². The van der Waals surface area contributed by atoms with E-state index in [9.17, 15) is 4.79 Å². The second-order valence-corrected chi connectivity index (χ2v) is 6.76. The highest BCUT2D eigenvalue weighted by atomic mass is 16.7. The number of ether oxygens (including phenoxy) is 2. The van der Waals surface area contributed by atoms with Gasteiger partial charge in [-0.3, -0.25) is 15.1 Å². The maximum Gasteiger partial charge on any atom is 0.297 e. The number of carbonyl (C=O) groups is 1. The van der Waals surface area contributed by atoms with Gasteiger partial charge < -0.3 is 14.8 Å². The van der Waals surface area contributed by atoms with E-state index in [1.807, 2.05) is 18.2 Å². The molecule has 1 spiro atoms. The molecule has 0 radical (unpaired) electrons. The van der Waals surface area contributed by atoms with E-state index in [0.29, 0.717) is 24.5 Å². The van der Waals surface area contributed by atoms with Gasteiger partial charge in [0.25, 0.3) is 11.7 Å². The van der Waals surface area contributed by atoms with E-state index in [0.717, 1.165) is 18.6 Å². The van der Waals surface area contributed by atoms with Gasteiger partial charge in [0.1, 0.15) is 0 Å². The number of hydrogen-bond acceptors (Lipinski definition) is 5. The molecule has 0 atom stereocenters. The molecule has 0 bridgehead atoms. The van der Waals surface area contributed by atoms with Crippen LogP contribution >= 0.6 is 0 Å². The van der Waals surface area contributed by atoms with Gasteiger partial charge in [0, 0.05) is 17.8 Å². The number of carbonyl (C=O) groups excluding carboxylic acids is 1. The minimum atomic E-state index is -1.38. The van der Waals surface area contributed by atoms with Crippen LogP contribution in [0.3, 0.4) is 0 Å². The number of nitrogens with one attached hydrogen (secondary N) is 2. The molecule has 1 amide bonds. The first-order valence-electron chi connectivity index (χ1n) is 7.38. The van der Waals surface area contributed by atoms with E-state index in [1.165, 1.54) is 4.90 Å². The van der Waals surface area contributed by atoms with Gasteiger partial charge in [-0.25, -0.2) is 0 Å². The third-order valence-electron chi connectivity index (χ3n) is 3.76. The van der Waals surface area contributed by atoms with Gasteiger partial charge >= 0.3 is 0 Å². The summed E-state index contributed by atoms with van der Waals surface area (Å²) in [5.74, 6) is -1.74. The molecule has 1 saturated heterocycles. The molecule has 2 N–H and O–H groups in total. The Morgan fingerprint density at radius 2 is 2.05 bits per heavy atom. The Kier molecular flexibility index (Phi) is 3.45. The number of fused-ring (bicyclic) bond motifs is 2. The lowest BCUT2D eigenvalue weighted by atomic mass is 9.96. The first kappa shape index (κ1) is 15.0. The first-order chi connectivity index (χ1) is 10.4. The van der Waals surface area contributed by atoms with Crippen LogP contribution in [0.15, 0.2) is 18.2 Å². The molecule has 0 aromatic heterocycles. The number of rotatable bonds is 3. The summed E-state index contributed by atoms with van der Waals surface area (Å²) in [6, 6.07) is 5.61. The van der Waals surface area contributed by atoms with Gasteiger partial charge in [-0.15, -0.1) is 0 Å². The second kappa shape index (κ2) is 5.07. The number of hydrogen-bond donors (Lipinski definition) is 2. The molecule has 2 aliphatic heterocycles. The quantitative estimate of drug-likeness (QED) is 0.663. The van der Waals surface area contributed by atoms with Crippen molar-refractivity contribution >= 4 is 23.6 Å². The predicted molar refractivity (Wildman–Crippen MR) is 84.2 cm³/mol. The van der Waals surface area contributed by atoms with Crippen LogP contribution in [0.5, 0.6) is 0 Å². The Labute approximate surface area is 129 Å². The number of amides is 1. The van der Waals surface area contributed by atoms with Gasteiger partial charge in [0.2, 0.25) is 0 Å². The summed E-state index contributed by atoms with van der Waals surface area (Å²) in [7, 11) is 0. The highest BCUT2D eigenvalue weighted by Crippen LogP contribution is 2.46. The van der Waals surface area contributed by atoms with E-state index in [2.05, 4.69) is 26.1 Å². The maximum atomic E-state index is 12.6. The molecule has 0 saturated carbocycles. The monoisotopic (exact) mass is 303 g/mol. The van der Waals surface area contributed by atoms with E-state index < -0.39 is 5.79 Å². The Balaban J connectivity index is 1.98. The fraction of sp³-hybridized carbons (Fsp3) is 0.500. The van der Waals surface area contributed by atoms with Crippen molar-refractivity contribution in [1.29, 1.82) is 5.41 Å². The lowest BCUT2D eigenvalue weighted by molar-refractivity contribution is -0.179. The van der Waals surface area contributed by atoms with Crippen molar-refractivity contribution in [1.82, 2.24) is 0 Å². The van der Waals surface area contributed by atoms with Crippen molar-refractivity contribution in [3.63, 3.8) is 0 Å². The first-order valence-corrected chi connectivity index (χ1v) is 7.38. The molecule has 22 heavy (non-hydrogen) atoms. The molecule has 3 rings (SSSR count). The fourth-order valence-electron chi connectivity index (χ4n) is 2.69. The summed E-state index contributed by atoms with van der Waals surface area (Å²) in [5.41, 5.74) is 2.36. The van der Waals surface area contributed by atoms with Gasteiger partial charge in [0.05, 0.1) is 25.2 Å². The standard InChI is InChI=1S/C16H21N3O3/c1-15(2,3)9-18-11-4-5-13-12(8-11)16(21-6-7-22-16)14(20)19(13)10-17/h4-5,8,10,17-18H,6-7,9H2,1-3H3. The van der Waals surface area contributed by atoms with Crippen molar-refractivity contribution in [2.24, 2.45) is 5.41 Å². The molecule has 118 valence electrons. The van der Waals surface area contributed by atoms with Crippen LogP contribution in [0.1, 0.15) is 26.3 Å². The summed E-state index contributed by atoms with van der Waals surface area (Å²) < 4.78 is 11.3. The van der Waals surface area contributed by atoms with E-state index in [-0.39, 0.29) is 11.3 Å². The van der Waals surface area contributed by atoms with Crippen LogP contribution in [-0.2, 0) is 20.1 Å².